The summed E-state index contributed by atoms with van der Waals surface area (Å²) in [4.78, 5) is 43.2. The van der Waals surface area contributed by atoms with Gasteiger partial charge in [0.15, 0.2) is 5.78 Å². The Labute approximate surface area is 169 Å². The van der Waals surface area contributed by atoms with E-state index in [2.05, 4.69) is 15.2 Å². The number of benzene rings is 1. The Kier molecular flexibility index (Phi) is 6.78. The fourth-order valence-corrected chi connectivity index (χ4v) is 3.19. The SMILES string of the molecule is COc1ccc(N2CCN(C=O)CC2)cc1NC(=O)CCC(=O)c1cccnc1. The van der Waals surface area contributed by atoms with Gasteiger partial charge in [-0.3, -0.25) is 19.4 Å². The molecule has 152 valence electrons. The quantitative estimate of drug-likeness (QED) is 0.542. The van der Waals surface area contributed by atoms with E-state index in [9.17, 15) is 14.4 Å². The fourth-order valence-electron chi connectivity index (χ4n) is 3.19. The molecule has 1 fully saturated rings. The lowest BCUT2D eigenvalue weighted by atomic mass is 10.1. The third kappa shape index (κ3) is 5.31. The molecule has 0 saturated carbocycles. The van der Waals surface area contributed by atoms with Crippen molar-refractivity contribution >= 4 is 29.5 Å². The van der Waals surface area contributed by atoms with Crippen LogP contribution in [0.5, 0.6) is 5.75 Å². The van der Waals surface area contributed by atoms with Crippen molar-refractivity contribution in [1.29, 1.82) is 0 Å². The number of rotatable bonds is 8. The Morgan fingerprint density at radius 3 is 2.62 bits per heavy atom. The largest absolute Gasteiger partial charge is 0.495 e. The van der Waals surface area contributed by atoms with E-state index in [1.165, 1.54) is 6.20 Å². The summed E-state index contributed by atoms with van der Waals surface area (Å²) in [5.74, 6) is 0.165. The normalized spacial score (nSPS) is 13.7. The topological polar surface area (TPSA) is 91.8 Å². The lowest BCUT2D eigenvalue weighted by Crippen LogP contribution is -2.45. The van der Waals surface area contributed by atoms with Crippen LogP contribution in [0.1, 0.15) is 23.2 Å². The highest BCUT2D eigenvalue weighted by atomic mass is 16.5. The van der Waals surface area contributed by atoms with Crippen LogP contribution in [0, 0.1) is 0 Å². The van der Waals surface area contributed by atoms with Crippen LogP contribution in [0.15, 0.2) is 42.7 Å². The van der Waals surface area contributed by atoms with E-state index in [1.54, 1.807) is 36.4 Å². The highest BCUT2D eigenvalue weighted by Crippen LogP contribution is 2.30. The molecule has 8 heteroatoms. The molecular formula is C21H24N4O4. The minimum absolute atomic E-state index is 0.0686. The number of amides is 2. The Morgan fingerprint density at radius 1 is 1.17 bits per heavy atom. The molecule has 3 rings (SSSR count). The maximum atomic E-state index is 12.4. The number of carbonyl (C=O) groups is 3. The number of aromatic nitrogens is 1. The third-order valence-corrected chi connectivity index (χ3v) is 4.85. The van der Waals surface area contributed by atoms with Crippen molar-refractivity contribution in [3.8, 4) is 5.75 Å². The van der Waals surface area contributed by atoms with Crippen molar-refractivity contribution in [2.75, 3.05) is 43.5 Å². The summed E-state index contributed by atoms with van der Waals surface area (Å²) in [5, 5.41) is 2.84. The van der Waals surface area contributed by atoms with E-state index < -0.39 is 0 Å². The number of carbonyl (C=O) groups excluding carboxylic acids is 3. The fraction of sp³-hybridized carbons (Fsp3) is 0.333. The highest BCUT2D eigenvalue weighted by Gasteiger charge is 2.18. The van der Waals surface area contributed by atoms with E-state index in [0.29, 0.717) is 30.1 Å². The number of hydrogen-bond acceptors (Lipinski definition) is 6. The monoisotopic (exact) mass is 396 g/mol. The Morgan fingerprint density at radius 2 is 1.97 bits per heavy atom. The predicted molar refractivity (Wildman–Crippen MR) is 109 cm³/mol. The molecule has 2 amide bonds. The van der Waals surface area contributed by atoms with Crippen molar-refractivity contribution < 1.29 is 19.1 Å². The first-order valence-electron chi connectivity index (χ1n) is 9.46. The van der Waals surface area contributed by atoms with Gasteiger partial charge in [0, 0.05) is 62.7 Å². The highest BCUT2D eigenvalue weighted by molar-refractivity contribution is 6.00. The molecule has 1 aromatic heterocycles. The lowest BCUT2D eigenvalue weighted by molar-refractivity contribution is -0.118. The zero-order chi connectivity index (χ0) is 20.6. The number of methoxy groups -OCH3 is 1. The smallest absolute Gasteiger partial charge is 0.224 e. The van der Waals surface area contributed by atoms with Gasteiger partial charge in [-0.15, -0.1) is 0 Å². The van der Waals surface area contributed by atoms with E-state index in [-0.39, 0.29) is 24.5 Å². The Hall–Kier alpha value is -3.42. The molecule has 2 heterocycles. The number of nitrogens with zero attached hydrogens (tertiary/aromatic N) is 3. The van der Waals surface area contributed by atoms with Gasteiger partial charge in [0.1, 0.15) is 5.75 Å². The summed E-state index contributed by atoms with van der Waals surface area (Å²) in [7, 11) is 1.54. The first kappa shape index (κ1) is 20.3. The number of ketones is 1. The number of nitrogens with one attached hydrogen (secondary N) is 1. The number of anilines is 2. The Balaban J connectivity index is 1.62. The summed E-state index contributed by atoms with van der Waals surface area (Å²) in [5.41, 5.74) is 1.99. The first-order valence-corrected chi connectivity index (χ1v) is 9.46. The average Bonchev–Trinajstić information content (AvgIpc) is 2.78. The van der Waals surface area contributed by atoms with Gasteiger partial charge in [-0.05, 0) is 30.3 Å². The molecule has 1 aromatic carbocycles. The van der Waals surface area contributed by atoms with Crippen molar-refractivity contribution in [2.24, 2.45) is 0 Å². The molecule has 0 atom stereocenters. The van der Waals surface area contributed by atoms with E-state index in [1.807, 2.05) is 12.1 Å². The van der Waals surface area contributed by atoms with Gasteiger partial charge in [0.2, 0.25) is 12.3 Å². The second kappa shape index (κ2) is 9.68. The van der Waals surface area contributed by atoms with Crippen LogP contribution in [-0.4, -0.2) is 61.3 Å². The van der Waals surface area contributed by atoms with Crippen molar-refractivity contribution in [2.45, 2.75) is 12.8 Å². The van der Waals surface area contributed by atoms with Gasteiger partial charge < -0.3 is 19.9 Å². The van der Waals surface area contributed by atoms with Gasteiger partial charge in [-0.1, -0.05) is 0 Å². The molecular weight excluding hydrogens is 372 g/mol. The molecule has 0 aliphatic carbocycles. The van der Waals surface area contributed by atoms with Crippen molar-refractivity contribution in [1.82, 2.24) is 9.88 Å². The molecule has 1 aliphatic heterocycles. The van der Waals surface area contributed by atoms with Gasteiger partial charge >= 0.3 is 0 Å². The minimum Gasteiger partial charge on any atom is -0.495 e. The molecule has 0 bridgehead atoms. The average molecular weight is 396 g/mol. The van der Waals surface area contributed by atoms with Crippen molar-refractivity contribution in [3.63, 3.8) is 0 Å². The Bertz CT molecular complexity index is 864. The molecule has 8 nitrogen and oxygen atoms in total. The second-order valence-electron chi connectivity index (χ2n) is 6.73. The molecule has 0 spiro atoms. The summed E-state index contributed by atoms with van der Waals surface area (Å²) in [6.07, 6.45) is 4.13. The molecule has 1 saturated heterocycles. The molecule has 1 aliphatic rings. The number of piperazine rings is 1. The number of Topliss-reactive ketones (excluding diaryl/α,β-unsaturated/α-hetero) is 1. The third-order valence-electron chi connectivity index (χ3n) is 4.85. The van der Waals surface area contributed by atoms with Gasteiger partial charge in [0.25, 0.3) is 0 Å². The molecule has 29 heavy (non-hydrogen) atoms. The number of pyridine rings is 1. The first-order chi connectivity index (χ1) is 14.1. The van der Waals surface area contributed by atoms with E-state index in [0.717, 1.165) is 25.2 Å². The maximum Gasteiger partial charge on any atom is 0.224 e. The van der Waals surface area contributed by atoms with Crippen molar-refractivity contribution in [3.05, 3.63) is 48.3 Å². The van der Waals surface area contributed by atoms with Crippen LogP contribution in [0.3, 0.4) is 0 Å². The van der Waals surface area contributed by atoms with E-state index >= 15 is 0 Å². The maximum absolute atomic E-state index is 12.4. The van der Waals surface area contributed by atoms with Gasteiger partial charge in [-0.2, -0.15) is 0 Å². The lowest BCUT2D eigenvalue weighted by Gasteiger charge is -2.34. The standard InChI is InChI=1S/C21H24N4O4/c1-29-20-6-4-17(25-11-9-24(15-26)10-12-25)13-18(20)23-21(28)7-5-19(27)16-3-2-8-22-14-16/h2-4,6,8,13-15H,5,7,9-12H2,1H3,(H,23,28). The van der Waals surface area contributed by atoms with Gasteiger partial charge in [0.05, 0.1) is 12.8 Å². The summed E-state index contributed by atoms with van der Waals surface area (Å²) in [6.45, 7) is 2.76. The molecule has 1 N–H and O–H groups in total. The number of ether oxygens (including phenoxy) is 1. The van der Waals surface area contributed by atoms with Crippen LogP contribution in [0.2, 0.25) is 0 Å². The summed E-state index contributed by atoms with van der Waals surface area (Å²) < 4.78 is 5.35. The number of hydrogen-bond donors (Lipinski definition) is 1. The zero-order valence-corrected chi connectivity index (χ0v) is 16.3. The van der Waals surface area contributed by atoms with E-state index in [4.69, 9.17) is 4.74 Å². The second-order valence-corrected chi connectivity index (χ2v) is 6.73. The molecule has 0 unspecified atom stereocenters. The molecule has 0 radical (unpaired) electrons. The predicted octanol–water partition coefficient (Wildman–Crippen LogP) is 1.97. The van der Waals surface area contributed by atoms with Crippen LogP contribution in [0.4, 0.5) is 11.4 Å². The van der Waals surface area contributed by atoms with Gasteiger partial charge in [-0.25, -0.2) is 0 Å². The van der Waals surface area contributed by atoms with Crippen LogP contribution in [0.25, 0.3) is 0 Å². The minimum atomic E-state index is -0.261. The summed E-state index contributed by atoms with van der Waals surface area (Å²) >= 11 is 0. The van der Waals surface area contributed by atoms with Crippen LogP contribution >= 0.6 is 0 Å². The summed E-state index contributed by atoms with van der Waals surface area (Å²) in [6, 6.07) is 8.97. The zero-order valence-electron chi connectivity index (χ0n) is 16.3. The van der Waals surface area contributed by atoms with Crippen LogP contribution < -0.4 is 15.0 Å². The van der Waals surface area contributed by atoms with Crippen LogP contribution in [-0.2, 0) is 9.59 Å². The molecule has 2 aromatic rings.